The predicted molar refractivity (Wildman–Crippen MR) is 75.5 cm³/mol. The van der Waals surface area contributed by atoms with Gasteiger partial charge in [-0.1, -0.05) is 0 Å². The highest BCUT2D eigenvalue weighted by atomic mass is 79.9. The summed E-state index contributed by atoms with van der Waals surface area (Å²) in [5.74, 6) is -1.38. The van der Waals surface area contributed by atoms with E-state index in [2.05, 4.69) is 15.9 Å². The van der Waals surface area contributed by atoms with Crippen molar-refractivity contribution in [2.75, 3.05) is 7.05 Å². The van der Waals surface area contributed by atoms with Crippen molar-refractivity contribution in [1.29, 1.82) is 0 Å². The molecule has 0 aliphatic heterocycles. The minimum Gasteiger partial charge on any atom is -0.480 e. The number of thiophene rings is 1. The number of carboxylic acids is 1. The molecule has 98 valence electrons. The van der Waals surface area contributed by atoms with E-state index in [1.54, 1.807) is 6.08 Å². The summed E-state index contributed by atoms with van der Waals surface area (Å²) in [6, 6.07) is 3.76. The number of likely N-dealkylation sites (N-methyl/N-ethyl adjacent to an activating group) is 1. The van der Waals surface area contributed by atoms with Crippen LogP contribution in [0.5, 0.6) is 0 Å². The normalized spacial score (nSPS) is 11.8. The van der Waals surface area contributed by atoms with Gasteiger partial charge in [0.25, 0.3) is 0 Å². The highest BCUT2D eigenvalue weighted by molar-refractivity contribution is 9.11. The van der Waals surface area contributed by atoms with Crippen LogP contribution in [0.4, 0.5) is 0 Å². The number of carbonyl (C=O) groups excluding carboxylic acids is 1. The van der Waals surface area contributed by atoms with Crippen molar-refractivity contribution in [3.8, 4) is 0 Å². The summed E-state index contributed by atoms with van der Waals surface area (Å²) in [6.07, 6.45) is 3.05. The number of hydrogen-bond donors (Lipinski definition) is 1. The first kappa shape index (κ1) is 14.9. The van der Waals surface area contributed by atoms with E-state index >= 15 is 0 Å². The minimum absolute atomic E-state index is 0.341. The van der Waals surface area contributed by atoms with E-state index in [0.717, 1.165) is 8.66 Å². The largest absolute Gasteiger partial charge is 0.480 e. The van der Waals surface area contributed by atoms with Gasteiger partial charge in [-0.3, -0.25) is 4.79 Å². The van der Waals surface area contributed by atoms with E-state index in [0.29, 0.717) is 0 Å². The number of hydrogen-bond acceptors (Lipinski definition) is 3. The molecule has 1 amide bonds. The number of aliphatic carboxylic acids is 1. The first-order valence-electron chi connectivity index (χ1n) is 5.19. The quantitative estimate of drug-likeness (QED) is 0.863. The van der Waals surface area contributed by atoms with Crippen LogP contribution in [0.1, 0.15) is 18.7 Å². The molecular weight excluding hydrogens is 318 g/mol. The standard InChI is InChI=1S/C12H14BrNO3S/c1-12(2,11(16)17)14(3)10(15)7-5-8-4-6-9(13)18-8/h4-7H,1-3H3,(H,16,17). The van der Waals surface area contributed by atoms with Crippen LogP contribution in [-0.2, 0) is 9.59 Å². The Bertz CT molecular complexity index is 493. The van der Waals surface area contributed by atoms with Gasteiger partial charge in [0.1, 0.15) is 5.54 Å². The van der Waals surface area contributed by atoms with Crippen LogP contribution in [0.2, 0.25) is 0 Å². The molecule has 4 nitrogen and oxygen atoms in total. The van der Waals surface area contributed by atoms with Crippen molar-refractivity contribution in [3.63, 3.8) is 0 Å². The van der Waals surface area contributed by atoms with Crippen LogP contribution in [0.25, 0.3) is 6.08 Å². The molecular formula is C12H14BrNO3S. The topological polar surface area (TPSA) is 57.6 Å². The lowest BCUT2D eigenvalue weighted by atomic mass is 10.0. The van der Waals surface area contributed by atoms with Gasteiger partial charge in [-0.05, 0) is 48.0 Å². The number of rotatable bonds is 4. The maximum atomic E-state index is 11.8. The SMILES string of the molecule is CN(C(=O)C=Cc1ccc(Br)s1)C(C)(C)C(=O)O. The predicted octanol–water partition coefficient (Wildman–Crippen LogP) is 2.85. The molecule has 0 fully saturated rings. The Morgan fingerprint density at radius 3 is 2.50 bits per heavy atom. The minimum atomic E-state index is -1.22. The lowest BCUT2D eigenvalue weighted by Gasteiger charge is -2.30. The summed E-state index contributed by atoms with van der Waals surface area (Å²) >= 11 is 4.83. The van der Waals surface area contributed by atoms with E-state index in [4.69, 9.17) is 5.11 Å². The number of carbonyl (C=O) groups is 2. The molecule has 1 aromatic rings. The van der Waals surface area contributed by atoms with E-state index < -0.39 is 11.5 Å². The van der Waals surface area contributed by atoms with Gasteiger partial charge in [-0.2, -0.15) is 0 Å². The second-order valence-corrected chi connectivity index (χ2v) is 6.73. The molecule has 1 heterocycles. The van der Waals surface area contributed by atoms with Crippen molar-refractivity contribution in [3.05, 3.63) is 26.9 Å². The molecule has 0 aromatic carbocycles. The van der Waals surface area contributed by atoms with Gasteiger partial charge >= 0.3 is 5.97 Å². The van der Waals surface area contributed by atoms with Crippen LogP contribution in [0, 0.1) is 0 Å². The maximum absolute atomic E-state index is 11.8. The first-order valence-corrected chi connectivity index (χ1v) is 6.80. The van der Waals surface area contributed by atoms with Gasteiger partial charge in [0.05, 0.1) is 3.79 Å². The van der Waals surface area contributed by atoms with Gasteiger partial charge in [0.15, 0.2) is 0 Å². The second kappa shape index (κ2) is 5.67. The van der Waals surface area contributed by atoms with E-state index in [1.165, 1.54) is 43.2 Å². The highest BCUT2D eigenvalue weighted by Crippen LogP contribution is 2.23. The average Bonchev–Trinajstić information content (AvgIpc) is 2.70. The second-order valence-electron chi connectivity index (χ2n) is 4.24. The van der Waals surface area contributed by atoms with Crippen LogP contribution in [-0.4, -0.2) is 34.5 Å². The third-order valence-electron chi connectivity index (χ3n) is 2.68. The molecule has 0 saturated carbocycles. The number of halogens is 1. The molecule has 1 N–H and O–H groups in total. The van der Waals surface area contributed by atoms with Gasteiger partial charge in [-0.15, -0.1) is 11.3 Å². The monoisotopic (exact) mass is 331 g/mol. The number of amides is 1. The summed E-state index contributed by atoms with van der Waals surface area (Å²) in [6.45, 7) is 2.98. The van der Waals surface area contributed by atoms with Crippen molar-refractivity contribution in [2.45, 2.75) is 19.4 Å². The summed E-state index contributed by atoms with van der Waals surface area (Å²) in [5, 5.41) is 9.03. The zero-order valence-electron chi connectivity index (χ0n) is 10.3. The molecule has 0 aliphatic carbocycles. The van der Waals surface area contributed by atoms with Crippen LogP contribution >= 0.6 is 27.3 Å². The lowest BCUT2D eigenvalue weighted by Crippen LogP contribution is -2.50. The summed E-state index contributed by atoms with van der Waals surface area (Å²) < 4.78 is 0.980. The number of carboxylic acid groups (broad SMARTS) is 1. The molecule has 0 unspecified atom stereocenters. The fourth-order valence-electron chi connectivity index (χ4n) is 1.10. The average molecular weight is 332 g/mol. The van der Waals surface area contributed by atoms with Gasteiger partial charge in [-0.25, -0.2) is 4.79 Å². The molecule has 1 rings (SSSR count). The molecule has 0 atom stereocenters. The molecule has 0 aliphatic rings. The first-order chi connectivity index (χ1) is 8.25. The van der Waals surface area contributed by atoms with Crippen molar-refractivity contribution in [2.24, 2.45) is 0 Å². The van der Waals surface area contributed by atoms with Crippen molar-refractivity contribution >= 4 is 45.2 Å². The molecule has 1 aromatic heterocycles. The Morgan fingerprint density at radius 2 is 2.06 bits per heavy atom. The van der Waals surface area contributed by atoms with Crippen LogP contribution in [0.15, 0.2) is 22.0 Å². The van der Waals surface area contributed by atoms with Gasteiger partial charge in [0.2, 0.25) is 5.91 Å². The zero-order chi connectivity index (χ0) is 13.9. The Balaban J connectivity index is 2.77. The maximum Gasteiger partial charge on any atom is 0.329 e. The Kier molecular flexibility index (Phi) is 4.70. The van der Waals surface area contributed by atoms with Gasteiger partial charge < -0.3 is 10.0 Å². The Hall–Kier alpha value is -1.14. The fraction of sp³-hybridized carbons (Fsp3) is 0.333. The summed E-state index contributed by atoms with van der Waals surface area (Å²) in [5.41, 5.74) is -1.22. The van der Waals surface area contributed by atoms with Crippen molar-refractivity contribution in [1.82, 2.24) is 4.90 Å². The van der Waals surface area contributed by atoms with Gasteiger partial charge in [0, 0.05) is 18.0 Å². The molecule has 0 radical (unpaired) electrons. The van der Waals surface area contributed by atoms with Crippen LogP contribution in [0.3, 0.4) is 0 Å². The summed E-state index contributed by atoms with van der Waals surface area (Å²) in [7, 11) is 1.48. The smallest absolute Gasteiger partial charge is 0.329 e. The lowest BCUT2D eigenvalue weighted by molar-refractivity contribution is -0.153. The molecule has 6 heteroatoms. The van der Waals surface area contributed by atoms with E-state index in [-0.39, 0.29) is 5.91 Å². The van der Waals surface area contributed by atoms with E-state index in [1.807, 2.05) is 12.1 Å². The van der Waals surface area contributed by atoms with Crippen LogP contribution < -0.4 is 0 Å². The molecule has 0 saturated heterocycles. The zero-order valence-corrected chi connectivity index (χ0v) is 12.7. The fourth-order valence-corrected chi connectivity index (χ4v) is 2.43. The molecule has 0 bridgehead atoms. The third-order valence-corrected chi connectivity index (χ3v) is 4.27. The molecule has 0 spiro atoms. The molecule has 18 heavy (non-hydrogen) atoms. The third kappa shape index (κ3) is 3.43. The highest BCUT2D eigenvalue weighted by Gasteiger charge is 2.34. The number of nitrogens with zero attached hydrogens (tertiary/aromatic N) is 1. The van der Waals surface area contributed by atoms with Crippen molar-refractivity contribution < 1.29 is 14.7 Å². The summed E-state index contributed by atoms with van der Waals surface area (Å²) in [4.78, 5) is 25.0. The Labute approximate surface area is 118 Å². The van der Waals surface area contributed by atoms with E-state index in [9.17, 15) is 9.59 Å². The Morgan fingerprint density at radius 1 is 1.44 bits per heavy atom.